The molecule has 10 heteroatoms. The van der Waals surface area contributed by atoms with Crippen LogP contribution in [0.1, 0.15) is 18.9 Å². The number of likely N-dealkylation sites (tertiary alicyclic amines) is 1. The van der Waals surface area contributed by atoms with E-state index in [4.69, 9.17) is 5.11 Å². The quantitative estimate of drug-likeness (QED) is 0.825. The molecule has 1 aliphatic heterocycles. The van der Waals surface area contributed by atoms with Crippen molar-refractivity contribution in [3.63, 3.8) is 0 Å². The molecule has 144 valence electrons. The number of amides is 1. The molecule has 1 heterocycles. The molecule has 6 nitrogen and oxygen atoms in total. The molecule has 0 spiro atoms. The number of nitrogens with zero attached hydrogens (tertiary/aromatic N) is 1. The van der Waals surface area contributed by atoms with Gasteiger partial charge in [0.25, 0.3) is 0 Å². The van der Waals surface area contributed by atoms with Gasteiger partial charge in [-0.3, -0.25) is 9.59 Å². The van der Waals surface area contributed by atoms with Crippen molar-refractivity contribution >= 4 is 21.7 Å². The van der Waals surface area contributed by atoms with E-state index in [-0.39, 0.29) is 23.6 Å². The molecule has 1 aromatic carbocycles. The minimum absolute atomic E-state index is 0.0295. The van der Waals surface area contributed by atoms with Crippen molar-refractivity contribution < 1.29 is 36.3 Å². The number of sulfone groups is 1. The van der Waals surface area contributed by atoms with Gasteiger partial charge in [0.1, 0.15) is 0 Å². The molecule has 1 aromatic rings. The topological polar surface area (TPSA) is 91.8 Å². The summed E-state index contributed by atoms with van der Waals surface area (Å²) in [6, 6.07) is 5.63. The maximum absolute atomic E-state index is 13.2. The van der Waals surface area contributed by atoms with Gasteiger partial charge in [-0.15, -0.1) is 0 Å². The summed E-state index contributed by atoms with van der Waals surface area (Å²) in [5, 5.41) is 9.02. The molecule has 26 heavy (non-hydrogen) atoms. The molecule has 1 saturated heterocycles. The average molecular weight is 393 g/mol. The Morgan fingerprint density at radius 1 is 1.31 bits per heavy atom. The summed E-state index contributed by atoms with van der Waals surface area (Å²) in [5.74, 6) is -2.80. The van der Waals surface area contributed by atoms with E-state index in [1.54, 1.807) is 0 Å². The Kier molecular flexibility index (Phi) is 5.36. The van der Waals surface area contributed by atoms with Gasteiger partial charge in [-0.25, -0.2) is 8.42 Å². The largest absolute Gasteiger partial charge is 0.481 e. The van der Waals surface area contributed by atoms with Crippen molar-refractivity contribution in [1.29, 1.82) is 0 Å². The molecule has 0 aliphatic carbocycles. The zero-order chi connectivity index (χ0) is 19.8. The zero-order valence-electron chi connectivity index (χ0n) is 13.9. The van der Waals surface area contributed by atoms with Gasteiger partial charge in [-0.05, 0) is 24.1 Å². The van der Waals surface area contributed by atoms with Crippen molar-refractivity contribution in [2.24, 2.45) is 5.41 Å². The van der Waals surface area contributed by atoms with Crippen LogP contribution in [0.2, 0.25) is 0 Å². The van der Waals surface area contributed by atoms with Crippen LogP contribution in [0.3, 0.4) is 0 Å². The third kappa shape index (κ3) is 3.69. The Hall–Kier alpha value is -2.10. The SMILES string of the molecule is CCS(=O)(=O)c1cccc(CC(=O)N2CCC(C(=O)O)(C(F)(F)F)C2)c1. The number of aliphatic carboxylic acids is 1. The second-order valence-corrected chi connectivity index (χ2v) is 8.46. The lowest BCUT2D eigenvalue weighted by atomic mass is 9.86. The number of carbonyl (C=O) groups excluding carboxylic acids is 1. The molecule has 1 fully saturated rings. The van der Waals surface area contributed by atoms with E-state index in [9.17, 15) is 31.2 Å². The summed E-state index contributed by atoms with van der Waals surface area (Å²) in [7, 11) is -3.48. The lowest BCUT2D eigenvalue weighted by Crippen LogP contribution is -2.47. The van der Waals surface area contributed by atoms with E-state index in [0.717, 1.165) is 4.90 Å². The van der Waals surface area contributed by atoms with Crippen LogP contribution in [0.4, 0.5) is 13.2 Å². The van der Waals surface area contributed by atoms with Crippen LogP contribution in [0.5, 0.6) is 0 Å². The number of alkyl halides is 3. The molecule has 2 rings (SSSR count). The average Bonchev–Trinajstić information content (AvgIpc) is 3.02. The first-order chi connectivity index (χ1) is 11.9. The number of carbonyl (C=O) groups is 2. The maximum Gasteiger partial charge on any atom is 0.406 e. The number of carboxylic acids is 1. The lowest BCUT2D eigenvalue weighted by molar-refractivity contribution is -0.227. The predicted octanol–water partition coefficient (Wildman–Crippen LogP) is 1.89. The molecular formula is C16H18F3NO5S. The van der Waals surface area contributed by atoms with Crippen LogP contribution >= 0.6 is 0 Å². The second kappa shape index (κ2) is 6.90. The Bertz CT molecular complexity index is 821. The Morgan fingerprint density at radius 3 is 2.46 bits per heavy atom. The minimum atomic E-state index is -4.97. The molecular weight excluding hydrogens is 375 g/mol. The summed E-state index contributed by atoms with van der Waals surface area (Å²) in [6.45, 7) is 0.204. The fraction of sp³-hybridized carbons (Fsp3) is 0.500. The molecule has 0 aromatic heterocycles. The Balaban J connectivity index is 2.17. The number of benzene rings is 1. The maximum atomic E-state index is 13.2. The fourth-order valence-corrected chi connectivity index (χ4v) is 3.80. The highest BCUT2D eigenvalue weighted by Gasteiger charge is 2.64. The number of halogens is 3. The van der Waals surface area contributed by atoms with Gasteiger partial charge in [0, 0.05) is 13.1 Å². The highest BCUT2D eigenvalue weighted by atomic mass is 32.2. The first kappa shape index (κ1) is 20.2. The Morgan fingerprint density at radius 2 is 1.96 bits per heavy atom. The highest BCUT2D eigenvalue weighted by molar-refractivity contribution is 7.91. The Labute approximate surface area is 148 Å². The first-order valence-corrected chi connectivity index (χ1v) is 9.48. The minimum Gasteiger partial charge on any atom is -0.481 e. The molecule has 0 bridgehead atoms. The van der Waals surface area contributed by atoms with E-state index < -0.39 is 46.3 Å². The van der Waals surface area contributed by atoms with Crippen molar-refractivity contribution in [2.75, 3.05) is 18.8 Å². The van der Waals surface area contributed by atoms with Crippen molar-refractivity contribution in [2.45, 2.75) is 30.8 Å². The molecule has 0 radical (unpaired) electrons. The van der Waals surface area contributed by atoms with Crippen molar-refractivity contribution in [3.8, 4) is 0 Å². The van der Waals surface area contributed by atoms with Crippen LogP contribution in [-0.4, -0.2) is 55.3 Å². The second-order valence-electron chi connectivity index (χ2n) is 6.18. The van der Waals surface area contributed by atoms with E-state index in [1.165, 1.54) is 31.2 Å². The summed E-state index contributed by atoms with van der Waals surface area (Å²) >= 11 is 0. The summed E-state index contributed by atoms with van der Waals surface area (Å²) in [5.41, 5.74) is -2.62. The highest BCUT2D eigenvalue weighted by Crippen LogP contribution is 2.45. The first-order valence-electron chi connectivity index (χ1n) is 7.82. The summed E-state index contributed by atoms with van der Waals surface area (Å²) in [6.07, 6.45) is -5.98. The number of carboxylic acid groups (broad SMARTS) is 1. The molecule has 0 saturated carbocycles. The van der Waals surface area contributed by atoms with Gasteiger partial charge in [0.2, 0.25) is 5.91 Å². The standard InChI is InChI=1S/C16H18F3NO5S/c1-2-26(24,25)12-5-3-4-11(8-12)9-13(21)20-7-6-15(10-20,14(22)23)16(17,18)19/h3-5,8H,2,6-7,9-10H2,1H3,(H,22,23). The third-order valence-corrected chi connectivity index (χ3v) is 6.30. The van der Waals surface area contributed by atoms with Gasteiger partial charge in [-0.1, -0.05) is 19.1 Å². The molecule has 1 N–H and O–H groups in total. The van der Waals surface area contributed by atoms with Crippen molar-refractivity contribution in [3.05, 3.63) is 29.8 Å². The van der Waals surface area contributed by atoms with E-state index in [1.807, 2.05) is 0 Å². The number of hydrogen-bond acceptors (Lipinski definition) is 4. The van der Waals surface area contributed by atoms with Crippen LogP contribution < -0.4 is 0 Å². The van der Waals surface area contributed by atoms with Gasteiger partial charge in [0.15, 0.2) is 15.3 Å². The van der Waals surface area contributed by atoms with E-state index >= 15 is 0 Å². The van der Waals surface area contributed by atoms with Gasteiger partial charge in [0.05, 0.1) is 17.1 Å². The van der Waals surface area contributed by atoms with Gasteiger partial charge in [-0.2, -0.15) is 13.2 Å². The number of hydrogen-bond donors (Lipinski definition) is 1. The van der Waals surface area contributed by atoms with Crippen LogP contribution in [-0.2, 0) is 25.8 Å². The summed E-state index contributed by atoms with van der Waals surface area (Å²) < 4.78 is 63.3. The van der Waals surface area contributed by atoms with Gasteiger partial charge >= 0.3 is 12.1 Å². The van der Waals surface area contributed by atoms with Crippen molar-refractivity contribution in [1.82, 2.24) is 4.90 Å². The lowest BCUT2D eigenvalue weighted by Gasteiger charge is -2.27. The smallest absolute Gasteiger partial charge is 0.406 e. The van der Waals surface area contributed by atoms with Gasteiger partial charge < -0.3 is 10.0 Å². The predicted molar refractivity (Wildman–Crippen MR) is 85.2 cm³/mol. The summed E-state index contributed by atoms with van der Waals surface area (Å²) in [4.78, 5) is 24.4. The molecule has 1 amide bonds. The molecule has 1 unspecified atom stereocenters. The van der Waals surface area contributed by atoms with Crippen LogP contribution in [0, 0.1) is 5.41 Å². The normalized spacial score (nSPS) is 21.0. The van der Waals surface area contributed by atoms with Crippen LogP contribution in [0.25, 0.3) is 0 Å². The fourth-order valence-electron chi connectivity index (χ4n) is 2.85. The van der Waals surface area contributed by atoms with Crippen LogP contribution in [0.15, 0.2) is 29.2 Å². The third-order valence-electron chi connectivity index (χ3n) is 4.57. The monoisotopic (exact) mass is 393 g/mol. The molecule has 1 atom stereocenters. The zero-order valence-corrected chi connectivity index (χ0v) is 14.7. The number of rotatable bonds is 5. The van der Waals surface area contributed by atoms with E-state index in [2.05, 4.69) is 0 Å². The molecule has 1 aliphatic rings. The van der Waals surface area contributed by atoms with E-state index in [0.29, 0.717) is 5.56 Å².